The fourth-order valence-electron chi connectivity index (χ4n) is 11.4. The molecule has 0 aliphatic rings. The van der Waals surface area contributed by atoms with E-state index in [9.17, 15) is 0 Å². The Morgan fingerprint density at radius 2 is 0.259 bits per heavy atom. The van der Waals surface area contributed by atoms with Crippen LogP contribution in [0.3, 0.4) is 0 Å². The van der Waals surface area contributed by atoms with E-state index in [4.69, 9.17) is 13.3 Å². The average Bonchev–Trinajstić information content (AvgIpc) is 1.70. The number of hydrogen-bond donors (Lipinski definition) is 0. The Kier molecular flexibility index (Phi) is 65.5. The highest BCUT2D eigenvalue weighted by Gasteiger charge is 2.08. The first-order valence-electron chi connectivity index (χ1n) is 44.0. The van der Waals surface area contributed by atoms with Gasteiger partial charge in [0.2, 0.25) is 0 Å². The number of rotatable bonds is 6. The van der Waals surface area contributed by atoms with Gasteiger partial charge in [0, 0.05) is 92.8 Å². The standard InChI is InChI=1S/3C12H8O.3C12H8S.2C6H15N.12C2H6/c6*1-3-7-11-9(5-1)10-6-2-4-8-12(10)13-11;2*1-4-7(5-2)6-3;12*1-2/h6*1-8H;2*4-6H2,1-3H3;12*1-2H3. The van der Waals surface area contributed by atoms with Gasteiger partial charge < -0.3 is 23.1 Å². The second-order valence-corrected chi connectivity index (χ2v) is 25.1. The van der Waals surface area contributed by atoms with Gasteiger partial charge in [0.05, 0.1) is 0 Å². The van der Waals surface area contributed by atoms with E-state index in [1.165, 1.54) is 132 Å². The van der Waals surface area contributed by atoms with Gasteiger partial charge in [-0.15, -0.1) is 34.0 Å². The first-order chi connectivity index (χ1) is 57.4. The van der Waals surface area contributed by atoms with Crippen molar-refractivity contribution in [3.05, 3.63) is 291 Å². The second-order valence-electron chi connectivity index (χ2n) is 21.8. The van der Waals surface area contributed by atoms with Crippen molar-refractivity contribution in [2.45, 2.75) is 208 Å². The quantitative estimate of drug-likeness (QED) is 0.166. The van der Waals surface area contributed by atoms with E-state index in [-0.39, 0.29) is 0 Å². The summed E-state index contributed by atoms with van der Waals surface area (Å²) in [7, 11) is 0. The molecule has 0 N–H and O–H groups in total. The van der Waals surface area contributed by atoms with Gasteiger partial charge in [-0.05, 0) is 112 Å². The van der Waals surface area contributed by atoms with Gasteiger partial charge in [-0.3, -0.25) is 0 Å². The van der Waals surface area contributed by atoms with E-state index >= 15 is 0 Å². The fourth-order valence-corrected chi connectivity index (χ4v) is 14.7. The largest absolute Gasteiger partial charge is 0.456 e. The van der Waals surface area contributed by atoms with Crippen molar-refractivity contribution in [1.82, 2.24) is 9.80 Å². The maximum Gasteiger partial charge on any atom is 0.135 e. The molecular weight excluding hydrogens is 1470 g/mol. The van der Waals surface area contributed by atoms with Crippen molar-refractivity contribution >= 4 is 160 Å². The normalized spacial score (nSPS) is 9.31. The van der Waals surface area contributed by atoms with E-state index in [2.05, 4.69) is 233 Å². The van der Waals surface area contributed by atoms with E-state index in [0.29, 0.717) is 0 Å². The summed E-state index contributed by atoms with van der Waals surface area (Å²) in [5.74, 6) is 0. The Bertz CT molecular complexity index is 4130. The number of nitrogens with zero attached hydrogens (tertiary/aromatic N) is 2. The van der Waals surface area contributed by atoms with Crippen LogP contribution in [-0.2, 0) is 0 Å². The molecular formula is C108H150N2O3S3. The molecule has 116 heavy (non-hydrogen) atoms. The molecule has 18 aromatic rings. The van der Waals surface area contributed by atoms with E-state index in [1.54, 1.807) is 0 Å². The lowest BCUT2D eigenvalue weighted by atomic mass is 10.2. The summed E-state index contributed by atoms with van der Waals surface area (Å²) in [6, 6.07) is 100.0. The van der Waals surface area contributed by atoms with Crippen molar-refractivity contribution in [2.24, 2.45) is 0 Å². The Labute approximate surface area is 716 Å². The van der Waals surface area contributed by atoms with Gasteiger partial charge >= 0.3 is 0 Å². The predicted octanol–water partition coefficient (Wildman–Crippen LogP) is 37.9. The molecule has 0 radical (unpaired) electrons. The van der Waals surface area contributed by atoms with Gasteiger partial charge in [0.25, 0.3) is 0 Å². The Balaban J connectivity index is 0. The molecule has 0 fully saturated rings. The third-order valence-electron chi connectivity index (χ3n) is 16.4. The van der Waals surface area contributed by atoms with Gasteiger partial charge in [-0.2, -0.15) is 0 Å². The zero-order valence-corrected chi connectivity index (χ0v) is 79.7. The first kappa shape index (κ1) is 109. The molecule has 0 aliphatic carbocycles. The highest BCUT2D eigenvalue weighted by atomic mass is 32.1. The molecule has 0 atom stereocenters. The van der Waals surface area contributed by atoms with Crippen LogP contribution in [0.5, 0.6) is 0 Å². The van der Waals surface area contributed by atoms with Gasteiger partial charge in [0.15, 0.2) is 0 Å². The molecule has 18 rings (SSSR count). The summed E-state index contributed by atoms with van der Waals surface area (Å²) < 4.78 is 25.2. The molecule has 0 bridgehead atoms. The van der Waals surface area contributed by atoms with Crippen LogP contribution in [0.15, 0.2) is 304 Å². The van der Waals surface area contributed by atoms with Crippen LogP contribution < -0.4 is 0 Å². The number of hydrogen-bond acceptors (Lipinski definition) is 8. The predicted molar refractivity (Wildman–Crippen MR) is 542 cm³/mol. The zero-order valence-electron chi connectivity index (χ0n) is 77.3. The minimum absolute atomic E-state index is 0.962. The van der Waals surface area contributed by atoms with Gasteiger partial charge in [-0.1, -0.05) is 426 Å². The van der Waals surface area contributed by atoms with E-state index < -0.39 is 0 Å². The Morgan fingerprint density at radius 1 is 0.155 bits per heavy atom. The first-order valence-corrected chi connectivity index (χ1v) is 46.5. The summed E-state index contributed by atoms with van der Waals surface area (Å²) in [5.41, 5.74) is 5.77. The van der Waals surface area contributed by atoms with Crippen LogP contribution >= 0.6 is 34.0 Å². The molecule has 0 unspecified atom stereocenters. The Hall–Kier alpha value is -9.38. The summed E-state index contributed by atoms with van der Waals surface area (Å²) in [6.07, 6.45) is 0. The highest BCUT2D eigenvalue weighted by molar-refractivity contribution is 7.26. The van der Waals surface area contributed by atoms with Crippen molar-refractivity contribution in [3.8, 4) is 0 Å². The molecule has 0 aliphatic heterocycles. The van der Waals surface area contributed by atoms with Crippen LogP contribution in [-0.4, -0.2) is 49.1 Å². The summed E-state index contributed by atoms with van der Waals surface area (Å²) in [6.45, 7) is 68.2. The fraction of sp³-hybridized carbons (Fsp3) is 0.333. The summed E-state index contributed by atoms with van der Waals surface area (Å²) >= 11 is 5.58. The number of benzene rings is 12. The number of furan rings is 3. The average molecular weight is 1620 g/mol. The molecule has 5 nitrogen and oxygen atoms in total. The smallest absolute Gasteiger partial charge is 0.135 e. The maximum atomic E-state index is 5.65. The van der Waals surface area contributed by atoms with E-state index in [1.807, 2.05) is 309 Å². The summed E-state index contributed by atoms with van der Waals surface area (Å²) in [5, 5.41) is 15.4. The molecule has 6 heterocycles. The molecule has 0 spiro atoms. The number of thiophene rings is 3. The summed E-state index contributed by atoms with van der Waals surface area (Å²) in [4.78, 5) is 4.75. The van der Waals surface area contributed by atoms with Crippen LogP contribution in [0.4, 0.5) is 0 Å². The van der Waals surface area contributed by atoms with Crippen LogP contribution in [0.25, 0.3) is 126 Å². The zero-order chi connectivity index (χ0) is 87.4. The van der Waals surface area contributed by atoms with Crippen LogP contribution in [0.2, 0.25) is 0 Å². The monoisotopic (exact) mass is 1620 g/mol. The van der Waals surface area contributed by atoms with Crippen LogP contribution in [0, 0.1) is 0 Å². The van der Waals surface area contributed by atoms with E-state index in [0.717, 1.165) is 33.5 Å². The number of fused-ring (bicyclic) bond motifs is 18. The molecule has 6 aromatic heterocycles. The number of para-hydroxylation sites is 6. The minimum Gasteiger partial charge on any atom is -0.456 e. The third-order valence-corrected chi connectivity index (χ3v) is 19.8. The molecule has 0 saturated carbocycles. The maximum absolute atomic E-state index is 5.65. The van der Waals surface area contributed by atoms with Crippen molar-refractivity contribution in [1.29, 1.82) is 0 Å². The third kappa shape index (κ3) is 33.7. The molecule has 8 heteroatoms. The SMILES string of the molecule is CC.CC.CC.CC.CC.CC.CC.CC.CC.CC.CC.CC.CCN(CC)CC.CCN(CC)CC.c1ccc2c(c1)oc1ccccc12.c1ccc2c(c1)oc1ccccc12.c1ccc2c(c1)oc1ccccc12.c1ccc2c(c1)sc1ccccc12.c1ccc2c(c1)sc1ccccc12.c1ccc2c(c1)sc1ccccc12. The lowest BCUT2D eigenvalue weighted by molar-refractivity contribution is 0.321. The Morgan fingerprint density at radius 3 is 0.371 bits per heavy atom. The van der Waals surface area contributed by atoms with Gasteiger partial charge in [-0.25, -0.2) is 0 Å². The molecule has 628 valence electrons. The van der Waals surface area contributed by atoms with Crippen LogP contribution in [0.1, 0.15) is 208 Å². The van der Waals surface area contributed by atoms with Gasteiger partial charge in [0.1, 0.15) is 33.5 Å². The second kappa shape index (κ2) is 69.9. The van der Waals surface area contributed by atoms with Crippen molar-refractivity contribution in [3.63, 3.8) is 0 Å². The lowest BCUT2D eigenvalue weighted by Crippen LogP contribution is -2.21. The highest BCUT2D eigenvalue weighted by Crippen LogP contribution is 2.36. The van der Waals surface area contributed by atoms with Crippen molar-refractivity contribution in [2.75, 3.05) is 39.3 Å². The lowest BCUT2D eigenvalue weighted by Gasteiger charge is -2.13. The minimum atomic E-state index is 0.962. The molecule has 0 amide bonds. The topological polar surface area (TPSA) is 45.9 Å². The molecule has 0 saturated heterocycles. The van der Waals surface area contributed by atoms with Crippen molar-refractivity contribution < 1.29 is 13.3 Å². The molecule has 12 aromatic carbocycles.